The van der Waals surface area contributed by atoms with Crippen LogP contribution in [0.3, 0.4) is 0 Å². The Kier molecular flexibility index (Phi) is 4.65. The second-order valence-electron chi connectivity index (χ2n) is 5.77. The second kappa shape index (κ2) is 7.41. The highest BCUT2D eigenvalue weighted by Gasteiger charge is 2.12. The molecule has 0 fully saturated rings. The SMILES string of the molecule is O=[N+]([O-])c1ccc([O-])c(/C=N\Nc2ncnc3scc(-c4ccccc4)c23)c1. The molecule has 138 valence electrons. The summed E-state index contributed by atoms with van der Waals surface area (Å²) in [5.74, 6) is 0.128. The van der Waals surface area contributed by atoms with E-state index < -0.39 is 4.92 Å². The van der Waals surface area contributed by atoms with Gasteiger partial charge in [-0.15, -0.1) is 11.3 Å². The van der Waals surface area contributed by atoms with Crippen LogP contribution in [0.1, 0.15) is 5.56 Å². The maximum absolute atomic E-state index is 11.9. The number of thiophene rings is 1. The van der Waals surface area contributed by atoms with Gasteiger partial charge in [0, 0.05) is 23.1 Å². The lowest BCUT2D eigenvalue weighted by Gasteiger charge is -2.09. The minimum absolute atomic E-state index is 0.112. The van der Waals surface area contributed by atoms with Crippen molar-refractivity contribution in [2.75, 3.05) is 5.43 Å². The monoisotopic (exact) mass is 390 g/mol. The molecule has 0 spiro atoms. The molecule has 0 aliphatic heterocycles. The Balaban J connectivity index is 1.68. The highest BCUT2D eigenvalue weighted by atomic mass is 32.1. The number of nitrogens with zero attached hydrogens (tertiary/aromatic N) is 4. The molecule has 0 radical (unpaired) electrons. The van der Waals surface area contributed by atoms with E-state index in [4.69, 9.17) is 0 Å². The van der Waals surface area contributed by atoms with Gasteiger partial charge < -0.3 is 5.11 Å². The number of hydrogen-bond acceptors (Lipinski definition) is 8. The lowest BCUT2D eigenvalue weighted by Crippen LogP contribution is -2.00. The Morgan fingerprint density at radius 3 is 2.75 bits per heavy atom. The molecule has 2 heterocycles. The van der Waals surface area contributed by atoms with Crippen LogP contribution < -0.4 is 10.5 Å². The quantitative estimate of drug-likeness (QED) is 0.315. The Morgan fingerprint density at radius 2 is 1.96 bits per heavy atom. The molecule has 0 saturated heterocycles. The van der Waals surface area contributed by atoms with E-state index in [0.29, 0.717) is 5.82 Å². The number of nitro benzene ring substituents is 1. The van der Waals surface area contributed by atoms with Gasteiger partial charge in [-0.25, -0.2) is 9.97 Å². The zero-order chi connectivity index (χ0) is 19.5. The lowest BCUT2D eigenvalue weighted by atomic mass is 10.1. The van der Waals surface area contributed by atoms with Crippen molar-refractivity contribution < 1.29 is 10.0 Å². The van der Waals surface area contributed by atoms with Crippen molar-refractivity contribution >= 4 is 39.3 Å². The molecule has 9 heteroatoms. The lowest BCUT2D eigenvalue weighted by molar-refractivity contribution is -0.385. The Morgan fingerprint density at radius 1 is 1.14 bits per heavy atom. The molecule has 0 saturated carbocycles. The van der Waals surface area contributed by atoms with Crippen molar-refractivity contribution in [2.24, 2.45) is 5.10 Å². The van der Waals surface area contributed by atoms with Crippen LogP contribution in [0.2, 0.25) is 0 Å². The first-order valence-corrected chi connectivity index (χ1v) is 9.03. The number of nitro groups is 1. The van der Waals surface area contributed by atoms with E-state index in [0.717, 1.165) is 27.4 Å². The van der Waals surface area contributed by atoms with E-state index in [1.165, 1.54) is 36.0 Å². The van der Waals surface area contributed by atoms with Crippen molar-refractivity contribution in [3.8, 4) is 16.9 Å². The third-order valence-corrected chi connectivity index (χ3v) is 4.92. The molecule has 28 heavy (non-hydrogen) atoms. The highest BCUT2D eigenvalue weighted by Crippen LogP contribution is 2.36. The van der Waals surface area contributed by atoms with Gasteiger partial charge in [-0.2, -0.15) is 5.10 Å². The van der Waals surface area contributed by atoms with Gasteiger partial charge in [0.2, 0.25) is 0 Å². The van der Waals surface area contributed by atoms with Gasteiger partial charge >= 0.3 is 0 Å². The number of nitrogens with one attached hydrogen (secondary N) is 1. The highest BCUT2D eigenvalue weighted by molar-refractivity contribution is 7.17. The third kappa shape index (κ3) is 3.38. The molecule has 0 amide bonds. The fourth-order valence-corrected chi connectivity index (χ4v) is 3.62. The van der Waals surface area contributed by atoms with Crippen molar-refractivity contribution in [3.05, 3.63) is 75.9 Å². The fraction of sp³-hybridized carbons (Fsp3) is 0. The number of benzene rings is 2. The first kappa shape index (κ1) is 17.6. The summed E-state index contributed by atoms with van der Waals surface area (Å²) in [7, 11) is 0. The average Bonchev–Trinajstić information content (AvgIpc) is 3.15. The van der Waals surface area contributed by atoms with Crippen molar-refractivity contribution in [1.29, 1.82) is 0 Å². The fourth-order valence-electron chi connectivity index (χ4n) is 2.70. The molecule has 2 aromatic carbocycles. The number of anilines is 1. The largest absolute Gasteiger partial charge is 0.872 e. The standard InChI is InChI=1S/C19H13N5O3S/c25-16-7-6-14(24(26)27)8-13(16)9-22-23-18-17-15(12-4-2-1-3-5-12)10-28-19(17)21-11-20-18/h1-11,25H,(H,20,21,23)/p-1/b22-9-. The maximum Gasteiger partial charge on any atom is 0.270 e. The Hall–Kier alpha value is -3.85. The molecule has 0 atom stereocenters. The summed E-state index contributed by atoms with van der Waals surface area (Å²) in [6.07, 6.45) is 2.68. The van der Waals surface area contributed by atoms with E-state index in [9.17, 15) is 15.2 Å². The molecule has 0 aliphatic carbocycles. The summed E-state index contributed by atoms with van der Waals surface area (Å²) in [4.78, 5) is 19.7. The summed E-state index contributed by atoms with van der Waals surface area (Å²) < 4.78 is 0. The van der Waals surface area contributed by atoms with E-state index in [1.54, 1.807) is 0 Å². The van der Waals surface area contributed by atoms with Gasteiger partial charge in [-0.3, -0.25) is 15.5 Å². The number of rotatable bonds is 5. The van der Waals surface area contributed by atoms with Crippen LogP contribution in [0.25, 0.3) is 21.3 Å². The van der Waals surface area contributed by atoms with E-state index >= 15 is 0 Å². The smallest absolute Gasteiger partial charge is 0.270 e. The summed E-state index contributed by atoms with van der Waals surface area (Å²) in [5, 5.41) is 29.6. The second-order valence-corrected chi connectivity index (χ2v) is 6.63. The average molecular weight is 390 g/mol. The molecule has 4 aromatic rings. The van der Waals surface area contributed by atoms with Crippen molar-refractivity contribution in [3.63, 3.8) is 0 Å². The minimum Gasteiger partial charge on any atom is -0.872 e. The number of hydrazone groups is 1. The van der Waals surface area contributed by atoms with E-state index in [-0.39, 0.29) is 17.0 Å². The maximum atomic E-state index is 11.9. The zero-order valence-corrected chi connectivity index (χ0v) is 15.1. The molecular formula is C19H12N5O3S-. The van der Waals surface area contributed by atoms with Gasteiger partial charge in [-0.05, 0) is 11.1 Å². The molecule has 0 unspecified atom stereocenters. The Bertz CT molecular complexity index is 1190. The van der Waals surface area contributed by atoms with Gasteiger partial charge in [0.05, 0.1) is 16.5 Å². The summed E-state index contributed by atoms with van der Waals surface area (Å²) >= 11 is 1.49. The predicted octanol–water partition coefficient (Wildman–Crippen LogP) is 3.79. The van der Waals surface area contributed by atoms with Gasteiger partial charge in [0.1, 0.15) is 11.2 Å². The van der Waals surface area contributed by atoms with Gasteiger partial charge in [0.25, 0.3) is 5.69 Å². The molecule has 8 nitrogen and oxygen atoms in total. The minimum atomic E-state index is -0.560. The van der Waals surface area contributed by atoms with E-state index in [1.807, 2.05) is 35.7 Å². The van der Waals surface area contributed by atoms with Crippen LogP contribution in [-0.4, -0.2) is 21.1 Å². The van der Waals surface area contributed by atoms with Crippen LogP contribution in [0, 0.1) is 10.1 Å². The van der Waals surface area contributed by atoms with Gasteiger partial charge in [0.15, 0.2) is 5.82 Å². The van der Waals surface area contributed by atoms with Crippen LogP contribution >= 0.6 is 11.3 Å². The van der Waals surface area contributed by atoms with Crippen LogP contribution in [0.5, 0.6) is 5.75 Å². The Labute approximate surface area is 163 Å². The summed E-state index contributed by atoms with van der Waals surface area (Å²) in [6, 6.07) is 13.3. The molecule has 0 bridgehead atoms. The molecule has 2 aromatic heterocycles. The number of fused-ring (bicyclic) bond motifs is 1. The number of non-ortho nitro benzene ring substituents is 1. The topological polar surface area (TPSA) is 116 Å². The summed E-state index contributed by atoms with van der Waals surface area (Å²) in [5.41, 5.74) is 4.76. The molecule has 0 aliphatic rings. The summed E-state index contributed by atoms with van der Waals surface area (Å²) in [6.45, 7) is 0. The first-order chi connectivity index (χ1) is 13.6. The van der Waals surface area contributed by atoms with Crippen molar-refractivity contribution in [1.82, 2.24) is 9.97 Å². The first-order valence-electron chi connectivity index (χ1n) is 8.15. The zero-order valence-electron chi connectivity index (χ0n) is 14.3. The van der Waals surface area contributed by atoms with Crippen LogP contribution in [0.4, 0.5) is 11.5 Å². The van der Waals surface area contributed by atoms with E-state index in [2.05, 4.69) is 20.5 Å². The molecular weight excluding hydrogens is 378 g/mol. The van der Waals surface area contributed by atoms with Gasteiger partial charge in [-0.1, -0.05) is 42.1 Å². The molecule has 4 rings (SSSR count). The predicted molar refractivity (Wildman–Crippen MR) is 107 cm³/mol. The van der Waals surface area contributed by atoms with Crippen LogP contribution in [-0.2, 0) is 0 Å². The van der Waals surface area contributed by atoms with Crippen molar-refractivity contribution in [2.45, 2.75) is 0 Å². The number of hydrogen-bond donors (Lipinski definition) is 1. The van der Waals surface area contributed by atoms with Crippen LogP contribution in [0.15, 0.2) is 65.3 Å². The third-order valence-electron chi connectivity index (χ3n) is 4.03. The normalized spacial score (nSPS) is 11.1. The molecule has 1 N–H and O–H groups in total. The number of aromatic nitrogens is 2.